The molecule has 0 radical (unpaired) electrons. The SMILES string of the molecule is CCNC(=NCC1(C)CCCO1)NCCS(=O)C(C)(C)C.I. The first-order valence-electron chi connectivity index (χ1n) is 7.81. The number of hydrogen-bond acceptors (Lipinski definition) is 3. The van der Waals surface area contributed by atoms with E-state index in [4.69, 9.17) is 4.74 Å². The van der Waals surface area contributed by atoms with Crippen molar-refractivity contribution in [2.24, 2.45) is 4.99 Å². The van der Waals surface area contributed by atoms with Gasteiger partial charge < -0.3 is 15.4 Å². The van der Waals surface area contributed by atoms with Crippen molar-refractivity contribution in [2.45, 2.75) is 57.8 Å². The fraction of sp³-hybridized carbons (Fsp3) is 0.933. The van der Waals surface area contributed by atoms with Crippen molar-refractivity contribution >= 4 is 40.7 Å². The minimum Gasteiger partial charge on any atom is -0.373 e. The van der Waals surface area contributed by atoms with E-state index in [1.54, 1.807) is 0 Å². The maximum Gasteiger partial charge on any atom is 0.191 e. The quantitative estimate of drug-likeness (QED) is 0.374. The third-order valence-corrected chi connectivity index (χ3v) is 5.42. The van der Waals surface area contributed by atoms with Crippen molar-refractivity contribution in [3.8, 4) is 0 Å². The van der Waals surface area contributed by atoms with Gasteiger partial charge in [0.1, 0.15) is 0 Å². The second kappa shape index (κ2) is 10.1. The van der Waals surface area contributed by atoms with Crippen molar-refractivity contribution < 1.29 is 8.95 Å². The lowest BCUT2D eigenvalue weighted by atomic mass is 10.0. The highest BCUT2D eigenvalue weighted by Gasteiger charge is 2.29. The highest BCUT2D eigenvalue weighted by molar-refractivity contribution is 14.0. The minimum atomic E-state index is -0.842. The topological polar surface area (TPSA) is 62.7 Å². The number of hydrogen-bond donors (Lipinski definition) is 2. The molecule has 1 fully saturated rings. The van der Waals surface area contributed by atoms with E-state index in [1.807, 2.05) is 27.7 Å². The molecule has 2 atom stereocenters. The van der Waals surface area contributed by atoms with E-state index in [9.17, 15) is 4.21 Å². The lowest BCUT2D eigenvalue weighted by molar-refractivity contribution is 0.0283. The summed E-state index contributed by atoms with van der Waals surface area (Å²) in [4.78, 5) is 4.60. The van der Waals surface area contributed by atoms with Gasteiger partial charge in [-0.1, -0.05) is 0 Å². The summed E-state index contributed by atoms with van der Waals surface area (Å²) in [6.45, 7) is 13.1. The van der Waals surface area contributed by atoms with Gasteiger partial charge >= 0.3 is 0 Å². The third kappa shape index (κ3) is 8.10. The lowest BCUT2D eigenvalue weighted by Gasteiger charge is -2.22. The number of nitrogens with one attached hydrogen (secondary N) is 2. The van der Waals surface area contributed by atoms with E-state index in [-0.39, 0.29) is 34.3 Å². The van der Waals surface area contributed by atoms with Crippen molar-refractivity contribution in [2.75, 3.05) is 32.0 Å². The molecule has 0 spiro atoms. The minimum absolute atomic E-state index is 0. The van der Waals surface area contributed by atoms with Gasteiger partial charge in [-0.15, -0.1) is 24.0 Å². The molecular formula is C15H32IN3O2S. The molecule has 1 saturated heterocycles. The van der Waals surface area contributed by atoms with Gasteiger partial charge in [0, 0.05) is 41.0 Å². The fourth-order valence-corrected chi connectivity index (χ4v) is 3.02. The van der Waals surface area contributed by atoms with Gasteiger partial charge in [-0.05, 0) is 47.5 Å². The molecule has 5 nitrogen and oxygen atoms in total. The van der Waals surface area contributed by atoms with Crippen LogP contribution in [-0.2, 0) is 15.5 Å². The Hall–Kier alpha value is 0.110. The van der Waals surface area contributed by atoms with Crippen LogP contribution in [0.2, 0.25) is 0 Å². The van der Waals surface area contributed by atoms with Crippen LogP contribution in [0.5, 0.6) is 0 Å². The summed E-state index contributed by atoms with van der Waals surface area (Å²) in [5.41, 5.74) is -0.128. The molecule has 0 aliphatic carbocycles. The molecule has 132 valence electrons. The molecule has 2 unspecified atom stereocenters. The van der Waals surface area contributed by atoms with Gasteiger partial charge in [-0.2, -0.15) is 0 Å². The molecule has 1 aliphatic heterocycles. The van der Waals surface area contributed by atoms with E-state index in [0.29, 0.717) is 18.8 Å². The van der Waals surface area contributed by atoms with Gasteiger partial charge in [0.25, 0.3) is 0 Å². The van der Waals surface area contributed by atoms with E-state index in [2.05, 4.69) is 22.5 Å². The zero-order valence-electron chi connectivity index (χ0n) is 14.5. The molecule has 1 rings (SSSR count). The summed E-state index contributed by atoms with van der Waals surface area (Å²) in [6.07, 6.45) is 2.17. The second-order valence-electron chi connectivity index (χ2n) is 6.69. The van der Waals surface area contributed by atoms with Crippen LogP contribution in [0.15, 0.2) is 4.99 Å². The van der Waals surface area contributed by atoms with Crippen LogP contribution in [-0.4, -0.2) is 52.5 Å². The maximum absolute atomic E-state index is 12.0. The summed E-state index contributed by atoms with van der Waals surface area (Å²) < 4.78 is 17.6. The van der Waals surface area contributed by atoms with Crippen LogP contribution < -0.4 is 10.6 Å². The fourth-order valence-electron chi connectivity index (χ4n) is 2.12. The van der Waals surface area contributed by atoms with Gasteiger partial charge in [0.05, 0.1) is 12.1 Å². The Morgan fingerprint density at radius 3 is 2.55 bits per heavy atom. The predicted octanol–water partition coefficient (Wildman–Crippen LogP) is 2.28. The molecule has 0 amide bonds. The molecule has 1 heterocycles. The highest BCUT2D eigenvalue weighted by atomic mass is 127. The Bertz CT molecular complexity index is 377. The monoisotopic (exact) mass is 445 g/mol. The number of halogens is 1. The predicted molar refractivity (Wildman–Crippen MR) is 106 cm³/mol. The number of nitrogens with zero attached hydrogens (tertiary/aromatic N) is 1. The van der Waals surface area contributed by atoms with E-state index >= 15 is 0 Å². The molecule has 0 saturated carbocycles. The summed E-state index contributed by atoms with van der Waals surface area (Å²) in [5.74, 6) is 1.40. The molecule has 7 heteroatoms. The van der Waals surface area contributed by atoms with Crippen molar-refractivity contribution in [1.29, 1.82) is 0 Å². The van der Waals surface area contributed by atoms with Gasteiger partial charge in [-0.3, -0.25) is 9.20 Å². The molecule has 1 aliphatic rings. The van der Waals surface area contributed by atoms with Crippen LogP contribution >= 0.6 is 24.0 Å². The average Bonchev–Trinajstić information content (AvgIpc) is 2.82. The van der Waals surface area contributed by atoms with Crippen LogP contribution in [0.25, 0.3) is 0 Å². The molecular weight excluding hydrogens is 413 g/mol. The van der Waals surface area contributed by atoms with E-state index in [0.717, 1.165) is 32.0 Å². The standard InChI is InChI=1S/C15H31N3O2S.HI/c1-6-16-13(17-9-11-21(19)14(2,3)4)18-12-15(5)8-7-10-20-15;/h6-12H2,1-5H3,(H2,16,17,18);1H. The van der Waals surface area contributed by atoms with E-state index in [1.165, 1.54) is 0 Å². The first-order valence-corrected chi connectivity index (χ1v) is 9.13. The van der Waals surface area contributed by atoms with Crippen LogP contribution in [0.4, 0.5) is 0 Å². The molecule has 0 aromatic carbocycles. The second-order valence-corrected chi connectivity index (χ2v) is 9.01. The number of rotatable bonds is 6. The van der Waals surface area contributed by atoms with Crippen LogP contribution in [0.1, 0.15) is 47.5 Å². The lowest BCUT2D eigenvalue weighted by Crippen LogP contribution is -2.41. The van der Waals surface area contributed by atoms with Crippen LogP contribution in [0, 0.1) is 0 Å². The smallest absolute Gasteiger partial charge is 0.191 e. The Morgan fingerprint density at radius 2 is 2.05 bits per heavy atom. The zero-order valence-corrected chi connectivity index (χ0v) is 17.7. The number of ether oxygens (including phenoxy) is 1. The van der Waals surface area contributed by atoms with Gasteiger partial charge in [0.2, 0.25) is 0 Å². The van der Waals surface area contributed by atoms with Crippen molar-refractivity contribution in [1.82, 2.24) is 10.6 Å². The zero-order chi connectivity index (χ0) is 15.9. The summed E-state index contributed by atoms with van der Waals surface area (Å²) in [5, 5.41) is 6.48. The summed E-state index contributed by atoms with van der Waals surface area (Å²) in [7, 11) is -0.842. The first kappa shape index (κ1) is 22.1. The molecule has 0 aromatic rings. The Kier molecular flexibility index (Phi) is 10.1. The van der Waals surface area contributed by atoms with Gasteiger partial charge in [-0.25, -0.2) is 0 Å². The van der Waals surface area contributed by atoms with Gasteiger partial charge in [0.15, 0.2) is 5.96 Å². The first-order chi connectivity index (χ1) is 9.77. The summed E-state index contributed by atoms with van der Waals surface area (Å²) >= 11 is 0. The normalized spacial score (nSPS) is 23.8. The summed E-state index contributed by atoms with van der Waals surface area (Å²) in [6, 6.07) is 0. The molecule has 22 heavy (non-hydrogen) atoms. The Morgan fingerprint density at radius 1 is 1.36 bits per heavy atom. The largest absolute Gasteiger partial charge is 0.373 e. The average molecular weight is 445 g/mol. The maximum atomic E-state index is 12.0. The van der Waals surface area contributed by atoms with E-state index < -0.39 is 10.8 Å². The molecule has 0 bridgehead atoms. The van der Waals surface area contributed by atoms with Crippen LogP contribution in [0.3, 0.4) is 0 Å². The molecule has 0 aromatic heterocycles. The Labute approximate surface area is 154 Å². The molecule has 2 N–H and O–H groups in total. The number of guanidine groups is 1. The highest BCUT2D eigenvalue weighted by Crippen LogP contribution is 2.24. The van der Waals surface area contributed by atoms with Crippen molar-refractivity contribution in [3.63, 3.8) is 0 Å². The third-order valence-electron chi connectivity index (χ3n) is 3.48. The number of aliphatic imine (C=N–C) groups is 1. The Balaban J connectivity index is 0.00000441. The van der Waals surface area contributed by atoms with Crippen molar-refractivity contribution in [3.05, 3.63) is 0 Å².